The highest BCUT2D eigenvalue weighted by atomic mass is 35.5. The average Bonchev–Trinajstić information content (AvgIpc) is 3.03. The van der Waals surface area contributed by atoms with E-state index in [1.54, 1.807) is 19.3 Å². The van der Waals surface area contributed by atoms with Gasteiger partial charge >= 0.3 is 6.09 Å². The van der Waals surface area contributed by atoms with Gasteiger partial charge in [0.1, 0.15) is 11.8 Å². The normalized spacial score (nSPS) is 18.3. The number of methoxy groups -OCH3 is 1. The average molecular weight is 396 g/mol. The highest BCUT2D eigenvalue weighted by Crippen LogP contribution is 2.38. The Hall–Kier alpha value is -2.52. The summed E-state index contributed by atoms with van der Waals surface area (Å²) in [4.78, 5) is 32.6. The zero-order valence-electron chi connectivity index (χ0n) is 15.1. The molecule has 9 nitrogen and oxygen atoms in total. The molecule has 0 aliphatic carbocycles. The van der Waals surface area contributed by atoms with Crippen molar-refractivity contribution in [3.05, 3.63) is 17.4 Å². The minimum Gasteiger partial charge on any atom is -0.465 e. The van der Waals surface area contributed by atoms with E-state index in [1.165, 1.54) is 7.11 Å². The largest absolute Gasteiger partial charge is 0.465 e. The lowest BCUT2D eigenvalue weighted by atomic mass is 10.0. The molecule has 1 aliphatic heterocycles. The SMILES string of the molecule is COC(C)C(=O)Nc1c[nH]c2ncc(Cl)c(N3CCCC(NC(=O)O)C3)c12. The smallest absolute Gasteiger partial charge is 0.404 e. The van der Waals surface area contributed by atoms with Gasteiger partial charge in [-0.25, -0.2) is 9.78 Å². The number of fused-ring (bicyclic) bond motifs is 1. The molecule has 2 aromatic heterocycles. The molecule has 0 bridgehead atoms. The second-order valence-electron chi connectivity index (χ2n) is 6.48. The number of aromatic amines is 1. The third-order valence-electron chi connectivity index (χ3n) is 4.68. The van der Waals surface area contributed by atoms with Crippen molar-refractivity contribution in [1.82, 2.24) is 15.3 Å². The third kappa shape index (κ3) is 4.09. The number of H-pyrrole nitrogens is 1. The number of pyridine rings is 1. The molecule has 1 aliphatic rings. The number of amides is 2. The van der Waals surface area contributed by atoms with E-state index < -0.39 is 12.2 Å². The molecule has 3 heterocycles. The molecule has 27 heavy (non-hydrogen) atoms. The fraction of sp³-hybridized carbons (Fsp3) is 0.471. The van der Waals surface area contributed by atoms with Gasteiger partial charge in [-0.2, -0.15) is 0 Å². The van der Waals surface area contributed by atoms with Crippen LogP contribution in [-0.4, -0.2) is 59.4 Å². The fourth-order valence-electron chi connectivity index (χ4n) is 3.28. The van der Waals surface area contributed by atoms with Crippen LogP contribution in [0.4, 0.5) is 16.2 Å². The van der Waals surface area contributed by atoms with Gasteiger partial charge in [0.2, 0.25) is 0 Å². The highest BCUT2D eigenvalue weighted by Gasteiger charge is 2.26. The topological polar surface area (TPSA) is 120 Å². The first-order valence-corrected chi connectivity index (χ1v) is 9.02. The van der Waals surface area contributed by atoms with Crippen molar-refractivity contribution in [2.45, 2.75) is 31.9 Å². The summed E-state index contributed by atoms with van der Waals surface area (Å²) in [5, 5.41) is 15.5. The lowest BCUT2D eigenvalue weighted by Crippen LogP contribution is -2.47. The number of piperidine rings is 1. The summed E-state index contributed by atoms with van der Waals surface area (Å²) in [5.74, 6) is -0.284. The van der Waals surface area contributed by atoms with Crippen molar-refractivity contribution in [2.24, 2.45) is 0 Å². The summed E-state index contributed by atoms with van der Waals surface area (Å²) in [6.45, 7) is 2.87. The molecule has 2 amide bonds. The molecule has 2 aromatic rings. The van der Waals surface area contributed by atoms with Crippen molar-refractivity contribution in [3.8, 4) is 0 Å². The van der Waals surface area contributed by atoms with Crippen LogP contribution in [0, 0.1) is 0 Å². The number of hydrogen-bond acceptors (Lipinski definition) is 5. The van der Waals surface area contributed by atoms with Crippen LogP contribution in [-0.2, 0) is 9.53 Å². The minimum absolute atomic E-state index is 0.193. The molecule has 0 spiro atoms. The highest BCUT2D eigenvalue weighted by molar-refractivity contribution is 6.35. The second-order valence-corrected chi connectivity index (χ2v) is 6.89. The van der Waals surface area contributed by atoms with E-state index in [4.69, 9.17) is 21.4 Å². The van der Waals surface area contributed by atoms with Crippen LogP contribution in [0.5, 0.6) is 0 Å². The van der Waals surface area contributed by atoms with Crippen molar-refractivity contribution >= 4 is 46.0 Å². The van der Waals surface area contributed by atoms with Crippen LogP contribution >= 0.6 is 11.6 Å². The molecule has 1 saturated heterocycles. The van der Waals surface area contributed by atoms with Gasteiger partial charge in [-0.15, -0.1) is 0 Å². The Morgan fingerprint density at radius 1 is 1.52 bits per heavy atom. The van der Waals surface area contributed by atoms with Crippen LogP contribution in [0.3, 0.4) is 0 Å². The number of carboxylic acid groups (broad SMARTS) is 1. The van der Waals surface area contributed by atoms with Crippen molar-refractivity contribution in [1.29, 1.82) is 0 Å². The molecular formula is C17H22ClN5O4. The lowest BCUT2D eigenvalue weighted by molar-refractivity contribution is -0.124. The van der Waals surface area contributed by atoms with Crippen LogP contribution in [0.2, 0.25) is 5.02 Å². The molecule has 1 fully saturated rings. The van der Waals surface area contributed by atoms with E-state index in [0.717, 1.165) is 25.1 Å². The van der Waals surface area contributed by atoms with Crippen molar-refractivity contribution in [3.63, 3.8) is 0 Å². The molecule has 0 aromatic carbocycles. The number of nitrogens with one attached hydrogen (secondary N) is 3. The van der Waals surface area contributed by atoms with Gasteiger partial charge in [0, 0.05) is 32.4 Å². The number of nitrogens with zero attached hydrogens (tertiary/aromatic N) is 2. The molecular weight excluding hydrogens is 374 g/mol. The van der Waals surface area contributed by atoms with E-state index in [-0.39, 0.29) is 11.9 Å². The zero-order chi connectivity index (χ0) is 19.6. The molecule has 0 saturated carbocycles. The second kappa shape index (κ2) is 8.01. The predicted molar refractivity (Wildman–Crippen MR) is 103 cm³/mol. The number of ether oxygens (including phenoxy) is 1. The fourth-order valence-corrected chi connectivity index (χ4v) is 3.54. The number of aromatic nitrogens is 2. The zero-order valence-corrected chi connectivity index (χ0v) is 15.8. The van der Waals surface area contributed by atoms with Crippen molar-refractivity contribution < 1.29 is 19.4 Å². The maximum absolute atomic E-state index is 12.2. The van der Waals surface area contributed by atoms with Gasteiger partial charge < -0.3 is 30.4 Å². The first kappa shape index (κ1) is 19.2. The van der Waals surface area contributed by atoms with Crippen LogP contribution in [0.1, 0.15) is 19.8 Å². The van der Waals surface area contributed by atoms with Crippen LogP contribution in [0.25, 0.3) is 11.0 Å². The Bertz CT molecular complexity index is 855. The predicted octanol–water partition coefficient (Wildman–Crippen LogP) is 2.43. The van der Waals surface area contributed by atoms with Gasteiger partial charge in [0.15, 0.2) is 0 Å². The Morgan fingerprint density at radius 3 is 3.00 bits per heavy atom. The Morgan fingerprint density at radius 2 is 2.30 bits per heavy atom. The lowest BCUT2D eigenvalue weighted by Gasteiger charge is -2.35. The molecule has 146 valence electrons. The maximum Gasteiger partial charge on any atom is 0.404 e. The summed E-state index contributed by atoms with van der Waals surface area (Å²) in [5.41, 5.74) is 1.86. The maximum atomic E-state index is 12.2. The summed E-state index contributed by atoms with van der Waals surface area (Å²) < 4.78 is 5.06. The monoisotopic (exact) mass is 395 g/mol. The summed E-state index contributed by atoms with van der Waals surface area (Å²) in [7, 11) is 1.46. The number of rotatable bonds is 5. The van der Waals surface area contributed by atoms with Crippen molar-refractivity contribution in [2.75, 3.05) is 30.4 Å². The van der Waals surface area contributed by atoms with E-state index in [0.29, 0.717) is 28.3 Å². The van der Waals surface area contributed by atoms with Gasteiger partial charge in [-0.05, 0) is 19.8 Å². The van der Waals surface area contributed by atoms with E-state index in [1.807, 2.05) is 4.90 Å². The number of carbonyl (C=O) groups excluding carboxylic acids is 1. The molecule has 3 rings (SSSR count). The van der Waals surface area contributed by atoms with Crippen LogP contribution < -0.4 is 15.5 Å². The number of carbonyl (C=O) groups is 2. The Balaban J connectivity index is 1.96. The van der Waals surface area contributed by atoms with Gasteiger partial charge in [0.05, 0.1) is 28.0 Å². The summed E-state index contributed by atoms with van der Waals surface area (Å²) in [6, 6.07) is -0.193. The number of anilines is 2. The van der Waals surface area contributed by atoms with E-state index >= 15 is 0 Å². The minimum atomic E-state index is -1.05. The van der Waals surface area contributed by atoms with Gasteiger partial charge in [0.25, 0.3) is 5.91 Å². The molecule has 4 N–H and O–H groups in total. The van der Waals surface area contributed by atoms with Gasteiger partial charge in [-0.1, -0.05) is 11.6 Å². The van der Waals surface area contributed by atoms with Gasteiger partial charge in [-0.3, -0.25) is 4.79 Å². The Labute approximate surface area is 161 Å². The number of hydrogen-bond donors (Lipinski definition) is 4. The standard InChI is InChI=1S/C17H22ClN5O4/c1-9(27-2)16(24)22-12-7-20-15-13(12)14(11(18)6-19-15)23-5-3-4-10(8-23)21-17(25)26/h6-7,9-10,21H,3-5,8H2,1-2H3,(H,19,20)(H,22,24)(H,25,26). The molecule has 0 radical (unpaired) electrons. The molecule has 2 atom stereocenters. The van der Waals surface area contributed by atoms with Crippen LogP contribution in [0.15, 0.2) is 12.4 Å². The summed E-state index contributed by atoms with van der Waals surface area (Å²) in [6.07, 6.45) is 3.14. The molecule has 2 unspecified atom stereocenters. The first-order chi connectivity index (χ1) is 12.9. The summed E-state index contributed by atoms with van der Waals surface area (Å²) >= 11 is 6.45. The quantitative estimate of drug-likeness (QED) is 0.617. The molecule has 10 heteroatoms. The van der Waals surface area contributed by atoms with E-state index in [2.05, 4.69) is 20.6 Å². The van der Waals surface area contributed by atoms with E-state index in [9.17, 15) is 9.59 Å². The number of halogens is 1. The third-order valence-corrected chi connectivity index (χ3v) is 4.95. The Kier molecular flexibility index (Phi) is 5.71. The first-order valence-electron chi connectivity index (χ1n) is 8.64.